The smallest absolute Gasteiger partial charge is 0.340 e. The molecule has 2 heterocycles. The van der Waals surface area contributed by atoms with Crippen molar-refractivity contribution in [2.24, 2.45) is 0 Å². The van der Waals surface area contributed by atoms with Gasteiger partial charge in [0.15, 0.2) is 0 Å². The quantitative estimate of drug-likeness (QED) is 0.421. The number of aryl methyl sites for hydroxylation is 2. The Morgan fingerprint density at radius 1 is 0.906 bits per heavy atom. The minimum absolute atomic E-state index is 0.241. The number of hydrogen-bond donors (Lipinski definition) is 0. The molecule has 162 valence electrons. The van der Waals surface area contributed by atoms with Gasteiger partial charge in [-0.1, -0.05) is 30.3 Å². The van der Waals surface area contributed by atoms with Gasteiger partial charge in [0.2, 0.25) is 0 Å². The van der Waals surface area contributed by atoms with Gasteiger partial charge in [0.05, 0.1) is 18.3 Å². The normalized spacial score (nSPS) is 15.1. The van der Waals surface area contributed by atoms with E-state index < -0.39 is 5.97 Å². The molecule has 0 saturated heterocycles. The molecule has 0 saturated carbocycles. The summed E-state index contributed by atoms with van der Waals surface area (Å²) in [6, 6.07) is 19.6. The molecule has 0 aliphatic carbocycles. The zero-order valence-corrected chi connectivity index (χ0v) is 19.0. The Hall–Kier alpha value is -3.86. The van der Waals surface area contributed by atoms with Crippen LogP contribution in [0.5, 0.6) is 0 Å². The van der Waals surface area contributed by atoms with Crippen LogP contribution in [0.25, 0.3) is 11.8 Å². The summed E-state index contributed by atoms with van der Waals surface area (Å²) in [5.74, 6) is -0.762. The average molecular weight is 427 g/mol. The number of para-hydroxylation sites is 1. The highest BCUT2D eigenvalue weighted by molar-refractivity contribution is 6.23. The third kappa shape index (κ3) is 3.56. The summed E-state index contributed by atoms with van der Waals surface area (Å²) in [6.45, 7) is 7.89. The maximum atomic E-state index is 13.5. The van der Waals surface area contributed by atoms with Crippen LogP contribution in [-0.2, 0) is 14.3 Å². The molecule has 5 nitrogen and oxygen atoms in total. The molecular weight excluding hydrogens is 400 g/mol. The number of amides is 1. The standard InChI is InChI=1S/C27H26N2O3/c1-17-10-9-13-23(14-17)28-18(2)15-21(19(28)3)16-24-25(27(31)32-5)20(4)29(26(24)30)22-11-7-6-8-12-22/h6-16H,1-5H3/b24-16-. The molecule has 1 aromatic heterocycles. The summed E-state index contributed by atoms with van der Waals surface area (Å²) in [5, 5.41) is 0. The first-order valence-electron chi connectivity index (χ1n) is 10.5. The highest BCUT2D eigenvalue weighted by Crippen LogP contribution is 2.36. The SMILES string of the molecule is COC(=O)C1=C(C)N(c2ccccc2)C(=O)/C1=C\c1cc(C)n(-c2cccc(C)c2)c1C. The number of hydrogen-bond acceptors (Lipinski definition) is 3. The molecule has 0 unspecified atom stereocenters. The minimum atomic E-state index is -0.520. The number of ether oxygens (including phenoxy) is 1. The van der Waals surface area contributed by atoms with Gasteiger partial charge in [0.25, 0.3) is 5.91 Å². The summed E-state index contributed by atoms with van der Waals surface area (Å²) in [4.78, 5) is 27.7. The van der Waals surface area contributed by atoms with Crippen LogP contribution in [0.1, 0.15) is 29.4 Å². The summed E-state index contributed by atoms with van der Waals surface area (Å²) in [7, 11) is 1.33. The van der Waals surface area contributed by atoms with Crippen LogP contribution in [-0.4, -0.2) is 23.6 Å². The van der Waals surface area contributed by atoms with E-state index in [-0.39, 0.29) is 5.91 Å². The number of benzene rings is 2. The number of carbonyl (C=O) groups is 2. The molecule has 0 fully saturated rings. The van der Waals surface area contributed by atoms with Crippen molar-refractivity contribution in [3.8, 4) is 5.69 Å². The molecule has 2 aromatic carbocycles. The fraction of sp³-hybridized carbons (Fsp3) is 0.185. The number of aromatic nitrogens is 1. The van der Waals surface area contributed by atoms with Crippen LogP contribution < -0.4 is 4.90 Å². The second-order valence-corrected chi connectivity index (χ2v) is 7.99. The number of anilines is 1. The Labute approximate surface area is 188 Å². The Bertz CT molecular complexity index is 1280. The lowest BCUT2D eigenvalue weighted by molar-refractivity contribution is -0.136. The molecule has 0 radical (unpaired) electrons. The van der Waals surface area contributed by atoms with Gasteiger partial charge in [-0.15, -0.1) is 0 Å². The van der Waals surface area contributed by atoms with E-state index >= 15 is 0 Å². The van der Waals surface area contributed by atoms with E-state index in [1.54, 1.807) is 17.9 Å². The first-order chi connectivity index (χ1) is 15.3. The fourth-order valence-electron chi connectivity index (χ4n) is 4.32. The Morgan fingerprint density at radius 2 is 1.59 bits per heavy atom. The van der Waals surface area contributed by atoms with Crippen molar-refractivity contribution in [2.45, 2.75) is 27.7 Å². The summed E-state index contributed by atoms with van der Waals surface area (Å²) >= 11 is 0. The zero-order chi connectivity index (χ0) is 23.0. The Balaban J connectivity index is 1.85. The lowest BCUT2D eigenvalue weighted by Crippen LogP contribution is -2.24. The van der Waals surface area contributed by atoms with Crippen LogP contribution >= 0.6 is 0 Å². The van der Waals surface area contributed by atoms with E-state index in [1.165, 1.54) is 12.7 Å². The lowest BCUT2D eigenvalue weighted by Gasteiger charge is -2.17. The van der Waals surface area contributed by atoms with Crippen molar-refractivity contribution in [1.82, 2.24) is 4.57 Å². The van der Waals surface area contributed by atoms with E-state index in [0.717, 1.165) is 22.6 Å². The number of allylic oxidation sites excluding steroid dienone is 1. The van der Waals surface area contributed by atoms with E-state index in [1.807, 2.05) is 56.3 Å². The summed E-state index contributed by atoms with van der Waals surface area (Å²) in [5.41, 5.74) is 7.07. The summed E-state index contributed by atoms with van der Waals surface area (Å²) in [6.07, 6.45) is 1.80. The summed E-state index contributed by atoms with van der Waals surface area (Å²) < 4.78 is 7.18. The number of rotatable bonds is 4. The second kappa shape index (κ2) is 8.35. The molecule has 32 heavy (non-hydrogen) atoms. The molecule has 5 heteroatoms. The first-order valence-corrected chi connectivity index (χ1v) is 10.5. The minimum Gasteiger partial charge on any atom is -0.465 e. The topological polar surface area (TPSA) is 51.5 Å². The van der Waals surface area contributed by atoms with Crippen LogP contribution in [0.2, 0.25) is 0 Å². The van der Waals surface area contributed by atoms with Gasteiger partial charge in [0.1, 0.15) is 0 Å². The third-order valence-electron chi connectivity index (χ3n) is 5.83. The zero-order valence-electron chi connectivity index (χ0n) is 19.0. The molecule has 3 aromatic rings. The molecule has 1 aliphatic rings. The molecule has 1 amide bonds. The number of nitrogens with zero attached hydrogens (tertiary/aromatic N) is 2. The Morgan fingerprint density at radius 3 is 2.25 bits per heavy atom. The van der Waals surface area contributed by atoms with Gasteiger partial charge in [-0.25, -0.2) is 4.79 Å². The largest absolute Gasteiger partial charge is 0.465 e. The Kier molecular flexibility index (Phi) is 5.57. The second-order valence-electron chi connectivity index (χ2n) is 7.99. The van der Waals surface area contributed by atoms with Gasteiger partial charge in [0, 0.05) is 28.5 Å². The number of methoxy groups -OCH3 is 1. The van der Waals surface area contributed by atoms with E-state index in [4.69, 9.17) is 4.74 Å². The number of esters is 1. The highest BCUT2D eigenvalue weighted by Gasteiger charge is 2.38. The number of carbonyl (C=O) groups excluding carboxylic acids is 2. The molecular formula is C27H26N2O3. The molecule has 0 bridgehead atoms. The van der Waals surface area contributed by atoms with Gasteiger partial charge >= 0.3 is 5.97 Å². The molecule has 4 rings (SSSR count). The van der Waals surface area contributed by atoms with Gasteiger partial charge in [-0.3, -0.25) is 9.69 Å². The predicted molar refractivity (Wildman–Crippen MR) is 127 cm³/mol. The fourth-order valence-corrected chi connectivity index (χ4v) is 4.32. The molecule has 0 atom stereocenters. The highest BCUT2D eigenvalue weighted by atomic mass is 16.5. The van der Waals surface area contributed by atoms with Gasteiger partial charge in [-0.2, -0.15) is 0 Å². The maximum absolute atomic E-state index is 13.5. The average Bonchev–Trinajstić information content (AvgIpc) is 3.19. The molecule has 0 spiro atoms. The third-order valence-corrected chi connectivity index (χ3v) is 5.83. The van der Waals surface area contributed by atoms with Crippen molar-refractivity contribution in [2.75, 3.05) is 12.0 Å². The van der Waals surface area contributed by atoms with E-state index in [9.17, 15) is 9.59 Å². The van der Waals surface area contributed by atoms with Crippen molar-refractivity contribution >= 4 is 23.6 Å². The van der Waals surface area contributed by atoms with Gasteiger partial charge < -0.3 is 9.30 Å². The van der Waals surface area contributed by atoms with Crippen molar-refractivity contribution in [3.05, 3.63) is 100 Å². The monoisotopic (exact) mass is 426 g/mol. The predicted octanol–water partition coefficient (Wildman–Crippen LogP) is 5.28. The first kappa shape index (κ1) is 21.4. The van der Waals surface area contributed by atoms with Crippen LogP contribution in [0.4, 0.5) is 5.69 Å². The molecule has 1 aliphatic heterocycles. The maximum Gasteiger partial charge on any atom is 0.340 e. The van der Waals surface area contributed by atoms with Crippen molar-refractivity contribution in [3.63, 3.8) is 0 Å². The van der Waals surface area contributed by atoms with E-state index in [0.29, 0.717) is 22.5 Å². The lowest BCUT2D eigenvalue weighted by atomic mass is 10.0. The van der Waals surface area contributed by atoms with Gasteiger partial charge in [-0.05, 0) is 75.2 Å². The van der Waals surface area contributed by atoms with Crippen LogP contribution in [0.3, 0.4) is 0 Å². The van der Waals surface area contributed by atoms with E-state index in [2.05, 4.69) is 29.7 Å². The van der Waals surface area contributed by atoms with Crippen LogP contribution in [0, 0.1) is 20.8 Å². The van der Waals surface area contributed by atoms with Crippen molar-refractivity contribution in [1.29, 1.82) is 0 Å². The van der Waals surface area contributed by atoms with Crippen molar-refractivity contribution < 1.29 is 14.3 Å². The molecule has 0 N–H and O–H groups in total. The van der Waals surface area contributed by atoms with Crippen LogP contribution in [0.15, 0.2) is 77.5 Å².